The number of carbonyl (C=O) groups excluding carboxylic acids is 2. The van der Waals surface area contributed by atoms with Gasteiger partial charge in [-0.25, -0.2) is 4.39 Å². The van der Waals surface area contributed by atoms with E-state index >= 15 is 0 Å². The van der Waals surface area contributed by atoms with Crippen molar-refractivity contribution in [3.8, 4) is 0 Å². The largest absolute Gasteiger partial charge is 0.326 e. The first kappa shape index (κ1) is 16.6. The van der Waals surface area contributed by atoms with E-state index in [1.165, 1.54) is 6.07 Å². The predicted molar refractivity (Wildman–Crippen MR) is 92.4 cm³/mol. The number of rotatable bonds is 4. The van der Waals surface area contributed by atoms with Crippen molar-refractivity contribution >= 4 is 23.2 Å². The Morgan fingerprint density at radius 1 is 1.38 bits per heavy atom. The Kier molecular flexibility index (Phi) is 4.37. The minimum Gasteiger partial charge on any atom is -0.326 e. The van der Waals surface area contributed by atoms with E-state index in [-0.39, 0.29) is 17.3 Å². The number of benzene rings is 1. The van der Waals surface area contributed by atoms with Crippen LogP contribution in [-0.2, 0) is 17.8 Å². The van der Waals surface area contributed by atoms with Crippen molar-refractivity contribution in [2.75, 3.05) is 17.2 Å². The van der Waals surface area contributed by atoms with Crippen LogP contribution in [0.25, 0.3) is 0 Å². The van der Waals surface area contributed by atoms with Gasteiger partial charge in [0.15, 0.2) is 5.69 Å². The van der Waals surface area contributed by atoms with E-state index in [1.54, 1.807) is 16.9 Å². The molecule has 0 saturated carbocycles. The normalized spacial score (nSPS) is 19.1. The van der Waals surface area contributed by atoms with E-state index in [0.29, 0.717) is 31.1 Å². The number of aromatic nitrogens is 3. The maximum atomic E-state index is 14.2. The van der Waals surface area contributed by atoms with E-state index in [4.69, 9.17) is 0 Å². The van der Waals surface area contributed by atoms with Crippen LogP contribution >= 0.6 is 0 Å². The highest BCUT2D eigenvalue weighted by molar-refractivity contribution is 6.03. The molecule has 0 bridgehead atoms. The molecule has 3 heterocycles. The van der Waals surface area contributed by atoms with E-state index in [1.807, 2.05) is 0 Å². The fraction of sp³-hybridized carbons (Fsp3) is 0.412. The number of carbonyl (C=O) groups is 2. The van der Waals surface area contributed by atoms with Crippen LogP contribution in [0.3, 0.4) is 0 Å². The van der Waals surface area contributed by atoms with Crippen LogP contribution in [0.2, 0.25) is 0 Å². The standard InChI is InChI=1S/C17H19FN6O2/c18-12-7-13-10(3-4-16(25)20-13)6-14(12)21-17(26)15-9-24(23-22-15)8-11-2-1-5-19-11/h6-7,9,11,19H,1-5,8H2,(H,20,25)(H,21,26). The van der Waals surface area contributed by atoms with Crippen molar-refractivity contribution in [3.05, 3.63) is 35.4 Å². The summed E-state index contributed by atoms with van der Waals surface area (Å²) in [5, 5.41) is 16.4. The molecule has 8 nitrogen and oxygen atoms in total. The smallest absolute Gasteiger partial charge is 0.277 e. The zero-order valence-corrected chi connectivity index (χ0v) is 14.1. The minimum atomic E-state index is -0.609. The molecule has 1 saturated heterocycles. The molecule has 1 atom stereocenters. The number of aryl methyl sites for hydroxylation is 1. The third kappa shape index (κ3) is 3.43. The molecule has 2 amide bonds. The predicted octanol–water partition coefficient (Wildman–Crippen LogP) is 1.31. The van der Waals surface area contributed by atoms with Gasteiger partial charge in [-0.1, -0.05) is 5.21 Å². The molecule has 2 aromatic rings. The minimum absolute atomic E-state index is 0.0666. The molecule has 26 heavy (non-hydrogen) atoms. The molecule has 3 N–H and O–H groups in total. The number of halogens is 1. The Labute approximate surface area is 149 Å². The lowest BCUT2D eigenvalue weighted by Gasteiger charge is -2.18. The first-order chi connectivity index (χ1) is 12.6. The van der Waals surface area contributed by atoms with Crippen LogP contribution in [0.4, 0.5) is 15.8 Å². The maximum Gasteiger partial charge on any atom is 0.277 e. The first-order valence-electron chi connectivity index (χ1n) is 8.65. The summed E-state index contributed by atoms with van der Waals surface area (Å²) in [7, 11) is 0. The average molecular weight is 358 g/mol. The summed E-state index contributed by atoms with van der Waals surface area (Å²) >= 11 is 0. The Hall–Kier alpha value is -2.81. The summed E-state index contributed by atoms with van der Waals surface area (Å²) in [5.74, 6) is -1.27. The summed E-state index contributed by atoms with van der Waals surface area (Å²) in [6.45, 7) is 1.64. The highest BCUT2D eigenvalue weighted by Gasteiger charge is 2.20. The summed E-state index contributed by atoms with van der Waals surface area (Å²) in [6.07, 6.45) is 4.61. The lowest BCUT2D eigenvalue weighted by molar-refractivity contribution is -0.116. The number of anilines is 2. The van der Waals surface area contributed by atoms with E-state index < -0.39 is 11.7 Å². The number of hydrogen-bond donors (Lipinski definition) is 3. The maximum absolute atomic E-state index is 14.2. The number of hydrogen-bond acceptors (Lipinski definition) is 5. The topological polar surface area (TPSA) is 101 Å². The molecule has 0 aliphatic carbocycles. The van der Waals surface area contributed by atoms with Gasteiger partial charge in [-0.05, 0) is 43.5 Å². The van der Waals surface area contributed by atoms with Gasteiger partial charge < -0.3 is 16.0 Å². The molecule has 2 aliphatic heterocycles. The molecule has 4 rings (SSSR count). The Morgan fingerprint density at radius 2 is 2.27 bits per heavy atom. The van der Waals surface area contributed by atoms with Crippen LogP contribution in [-0.4, -0.2) is 39.4 Å². The summed E-state index contributed by atoms with van der Waals surface area (Å²) in [5.41, 5.74) is 1.44. The molecular weight excluding hydrogens is 339 g/mol. The lowest BCUT2D eigenvalue weighted by Crippen LogP contribution is -2.27. The van der Waals surface area contributed by atoms with Crippen LogP contribution in [0.15, 0.2) is 18.3 Å². The second-order valence-corrected chi connectivity index (χ2v) is 6.61. The molecule has 136 valence electrons. The van der Waals surface area contributed by atoms with Crippen molar-refractivity contribution < 1.29 is 14.0 Å². The molecule has 1 fully saturated rings. The third-order valence-corrected chi connectivity index (χ3v) is 4.68. The van der Waals surface area contributed by atoms with Crippen LogP contribution in [0.5, 0.6) is 0 Å². The molecule has 1 aromatic carbocycles. The van der Waals surface area contributed by atoms with Crippen molar-refractivity contribution in [1.29, 1.82) is 0 Å². The van der Waals surface area contributed by atoms with Gasteiger partial charge >= 0.3 is 0 Å². The fourth-order valence-corrected chi connectivity index (χ4v) is 3.31. The first-order valence-corrected chi connectivity index (χ1v) is 8.65. The van der Waals surface area contributed by atoms with Crippen molar-refractivity contribution in [3.63, 3.8) is 0 Å². The SMILES string of the molecule is O=C1CCc2cc(NC(=O)c3cn(CC4CCCN4)nn3)c(F)cc2N1. The van der Waals surface area contributed by atoms with Gasteiger partial charge in [0.1, 0.15) is 5.82 Å². The molecular formula is C17H19FN6O2. The van der Waals surface area contributed by atoms with E-state index in [2.05, 4.69) is 26.3 Å². The third-order valence-electron chi connectivity index (χ3n) is 4.68. The van der Waals surface area contributed by atoms with E-state index in [9.17, 15) is 14.0 Å². The van der Waals surface area contributed by atoms with Crippen LogP contribution in [0, 0.1) is 5.82 Å². The van der Waals surface area contributed by atoms with Gasteiger partial charge in [-0.3, -0.25) is 14.3 Å². The van der Waals surface area contributed by atoms with Gasteiger partial charge in [0.05, 0.1) is 18.4 Å². The average Bonchev–Trinajstić information content (AvgIpc) is 3.28. The molecule has 1 unspecified atom stereocenters. The van der Waals surface area contributed by atoms with Crippen LogP contribution < -0.4 is 16.0 Å². The quantitative estimate of drug-likeness (QED) is 0.765. The highest BCUT2D eigenvalue weighted by atomic mass is 19.1. The molecule has 9 heteroatoms. The number of amides is 2. The van der Waals surface area contributed by atoms with Crippen LogP contribution in [0.1, 0.15) is 35.3 Å². The highest BCUT2D eigenvalue weighted by Crippen LogP contribution is 2.28. The van der Waals surface area contributed by atoms with Gasteiger partial charge in [-0.2, -0.15) is 0 Å². The fourth-order valence-electron chi connectivity index (χ4n) is 3.31. The monoisotopic (exact) mass is 358 g/mol. The number of nitrogens with zero attached hydrogens (tertiary/aromatic N) is 3. The second-order valence-electron chi connectivity index (χ2n) is 6.61. The van der Waals surface area contributed by atoms with Gasteiger partial charge in [0.25, 0.3) is 5.91 Å². The second kappa shape index (κ2) is 6.83. The summed E-state index contributed by atoms with van der Waals surface area (Å²) in [6, 6.07) is 3.11. The van der Waals surface area contributed by atoms with Gasteiger partial charge in [-0.15, -0.1) is 5.10 Å². The summed E-state index contributed by atoms with van der Waals surface area (Å²) < 4.78 is 15.9. The van der Waals surface area contributed by atoms with Gasteiger partial charge in [0, 0.05) is 18.2 Å². The summed E-state index contributed by atoms with van der Waals surface area (Å²) in [4.78, 5) is 23.7. The lowest BCUT2D eigenvalue weighted by atomic mass is 10.0. The van der Waals surface area contributed by atoms with Crippen molar-refractivity contribution in [1.82, 2.24) is 20.3 Å². The Bertz CT molecular complexity index is 859. The van der Waals surface area contributed by atoms with Gasteiger partial charge in [0.2, 0.25) is 5.91 Å². The number of nitrogens with one attached hydrogen (secondary N) is 3. The number of fused-ring (bicyclic) bond motifs is 1. The van der Waals surface area contributed by atoms with Crippen molar-refractivity contribution in [2.45, 2.75) is 38.3 Å². The molecule has 0 spiro atoms. The molecule has 0 radical (unpaired) electrons. The Morgan fingerprint density at radius 3 is 3.08 bits per heavy atom. The molecule has 1 aromatic heterocycles. The van der Waals surface area contributed by atoms with Crippen molar-refractivity contribution in [2.24, 2.45) is 0 Å². The van der Waals surface area contributed by atoms with E-state index in [0.717, 1.165) is 24.9 Å². The molecule has 2 aliphatic rings. The zero-order chi connectivity index (χ0) is 18.1. The Balaban J connectivity index is 1.46. The zero-order valence-electron chi connectivity index (χ0n) is 14.1.